The highest BCUT2D eigenvalue weighted by molar-refractivity contribution is 5.98. The Morgan fingerprint density at radius 2 is 2.00 bits per heavy atom. The summed E-state index contributed by atoms with van der Waals surface area (Å²) >= 11 is 0. The van der Waals surface area contributed by atoms with Crippen LogP contribution in [0.5, 0.6) is 0 Å². The minimum Gasteiger partial charge on any atom is -0.289 e. The summed E-state index contributed by atoms with van der Waals surface area (Å²) < 4.78 is 0. The largest absolute Gasteiger partial charge is 0.289 e. The van der Waals surface area contributed by atoms with Crippen LogP contribution in [0, 0.1) is 0 Å². The van der Waals surface area contributed by atoms with Gasteiger partial charge >= 0.3 is 0 Å². The van der Waals surface area contributed by atoms with Crippen LogP contribution in [0.4, 0.5) is 0 Å². The Bertz CT molecular complexity index is 592. The molecule has 1 aliphatic rings. The predicted octanol–water partition coefficient (Wildman–Crippen LogP) is 4.03. The zero-order chi connectivity index (χ0) is 14.5. The highest BCUT2D eigenvalue weighted by Gasteiger charge is 2.23. The quantitative estimate of drug-likeness (QED) is 0.793. The fraction of sp³-hybridized carbons (Fsp3) is 0.333. The molecule has 0 saturated carbocycles. The highest BCUT2D eigenvalue weighted by Crippen LogP contribution is 2.30. The zero-order valence-corrected chi connectivity index (χ0v) is 12.4. The van der Waals surface area contributed by atoms with Crippen molar-refractivity contribution in [2.24, 2.45) is 5.10 Å². The third kappa shape index (κ3) is 3.30. The summed E-state index contributed by atoms with van der Waals surface area (Å²) in [6.07, 6.45) is 7.42. The monoisotopic (exact) mass is 279 g/mol. The van der Waals surface area contributed by atoms with E-state index in [1.807, 2.05) is 24.5 Å². The van der Waals surface area contributed by atoms with E-state index in [0.717, 1.165) is 18.7 Å². The van der Waals surface area contributed by atoms with E-state index in [1.54, 1.807) is 0 Å². The first-order chi connectivity index (χ1) is 10.3. The van der Waals surface area contributed by atoms with Gasteiger partial charge < -0.3 is 0 Å². The molecule has 0 radical (unpaired) electrons. The summed E-state index contributed by atoms with van der Waals surface area (Å²) in [7, 11) is 0. The molecule has 1 aromatic heterocycles. The third-order valence-electron chi connectivity index (χ3n) is 4.01. The average molecular weight is 279 g/mol. The number of aromatic nitrogens is 1. The molecule has 2 heterocycles. The molecule has 1 atom stereocenters. The Balaban J connectivity index is 1.85. The molecular weight excluding hydrogens is 258 g/mol. The SMILES string of the molecule is CC(=NN1CCCC[C@H]1c1cccnc1)c1ccccc1. The number of piperidine rings is 1. The van der Waals surface area contributed by atoms with E-state index in [-0.39, 0.29) is 0 Å². The van der Waals surface area contributed by atoms with Gasteiger partial charge in [-0.25, -0.2) is 0 Å². The van der Waals surface area contributed by atoms with Crippen LogP contribution in [-0.2, 0) is 0 Å². The molecule has 1 saturated heterocycles. The van der Waals surface area contributed by atoms with Gasteiger partial charge in [0, 0.05) is 18.9 Å². The normalized spacial score (nSPS) is 19.6. The fourth-order valence-electron chi connectivity index (χ4n) is 2.88. The predicted molar refractivity (Wildman–Crippen MR) is 86.2 cm³/mol. The molecule has 1 aromatic carbocycles. The number of benzene rings is 1. The van der Waals surface area contributed by atoms with Gasteiger partial charge in [-0.2, -0.15) is 5.10 Å². The topological polar surface area (TPSA) is 28.5 Å². The second kappa shape index (κ2) is 6.53. The molecule has 0 unspecified atom stereocenters. The fourth-order valence-corrected chi connectivity index (χ4v) is 2.88. The lowest BCUT2D eigenvalue weighted by Gasteiger charge is -2.34. The Kier molecular flexibility index (Phi) is 4.29. The third-order valence-corrected chi connectivity index (χ3v) is 4.01. The van der Waals surface area contributed by atoms with Gasteiger partial charge in [-0.05, 0) is 43.4 Å². The van der Waals surface area contributed by atoms with Crippen molar-refractivity contribution in [3.8, 4) is 0 Å². The van der Waals surface area contributed by atoms with Gasteiger partial charge in [0.25, 0.3) is 0 Å². The number of nitrogens with zero attached hydrogens (tertiary/aromatic N) is 3. The van der Waals surface area contributed by atoms with E-state index < -0.39 is 0 Å². The van der Waals surface area contributed by atoms with E-state index in [2.05, 4.69) is 47.2 Å². The van der Waals surface area contributed by atoms with E-state index in [9.17, 15) is 0 Å². The average Bonchev–Trinajstić information content (AvgIpc) is 2.57. The molecule has 0 bridgehead atoms. The second-order valence-electron chi connectivity index (χ2n) is 5.51. The minimum absolute atomic E-state index is 0.353. The van der Waals surface area contributed by atoms with Crippen LogP contribution in [0.15, 0.2) is 60.0 Å². The van der Waals surface area contributed by atoms with Crippen LogP contribution in [0.25, 0.3) is 0 Å². The second-order valence-corrected chi connectivity index (χ2v) is 5.51. The molecular formula is C18H21N3. The molecule has 3 rings (SSSR count). The van der Waals surface area contributed by atoms with Crippen molar-refractivity contribution in [3.05, 3.63) is 66.0 Å². The van der Waals surface area contributed by atoms with Crippen molar-refractivity contribution in [2.45, 2.75) is 32.2 Å². The maximum atomic E-state index is 4.89. The van der Waals surface area contributed by atoms with Crippen molar-refractivity contribution in [1.29, 1.82) is 0 Å². The van der Waals surface area contributed by atoms with Crippen LogP contribution < -0.4 is 0 Å². The summed E-state index contributed by atoms with van der Waals surface area (Å²) in [5.74, 6) is 0. The van der Waals surface area contributed by atoms with E-state index in [4.69, 9.17) is 5.10 Å². The minimum atomic E-state index is 0.353. The van der Waals surface area contributed by atoms with Gasteiger partial charge in [-0.15, -0.1) is 0 Å². The van der Waals surface area contributed by atoms with Crippen molar-refractivity contribution in [1.82, 2.24) is 9.99 Å². The van der Waals surface area contributed by atoms with Crippen LogP contribution in [0.2, 0.25) is 0 Å². The summed E-state index contributed by atoms with van der Waals surface area (Å²) in [4.78, 5) is 4.26. The summed E-state index contributed by atoms with van der Waals surface area (Å²) in [6, 6.07) is 14.9. The lowest BCUT2D eigenvalue weighted by Crippen LogP contribution is -2.30. The first kappa shape index (κ1) is 13.8. The molecule has 3 nitrogen and oxygen atoms in total. The first-order valence-electron chi connectivity index (χ1n) is 7.62. The molecule has 108 valence electrons. The van der Waals surface area contributed by atoms with Crippen molar-refractivity contribution in [2.75, 3.05) is 6.54 Å². The summed E-state index contributed by atoms with van der Waals surface area (Å²) in [6.45, 7) is 3.11. The maximum Gasteiger partial charge on any atom is 0.0734 e. The van der Waals surface area contributed by atoms with E-state index in [1.165, 1.54) is 24.0 Å². The lowest BCUT2D eigenvalue weighted by atomic mass is 9.98. The standard InChI is InChI=1S/C18H21N3/c1-15(16-8-3-2-4-9-16)20-21-13-6-5-11-18(21)17-10-7-12-19-14-17/h2-4,7-10,12,14,18H,5-6,11,13H2,1H3/t18-/m0/s1. The van der Waals surface area contributed by atoms with Gasteiger partial charge in [-0.3, -0.25) is 9.99 Å². The molecule has 0 spiro atoms. The molecule has 3 heteroatoms. The lowest BCUT2D eigenvalue weighted by molar-refractivity contribution is 0.155. The van der Waals surface area contributed by atoms with E-state index in [0.29, 0.717) is 6.04 Å². The molecule has 1 aliphatic heterocycles. The molecule has 2 aromatic rings. The van der Waals surface area contributed by atoms with Gasteiger partial charge in [0.05, 0.1) is 11.8 Å². The number of hydrazone groups is 1. The van der Waals surface area contributed by atoms with Crippen molar-refractivity contribution in [3.63, 3.8) is 0 Å². The van der Waals surface area contributed by atoms with E-state index >= 15 is 0 Å². The molecule has 21 heavy (non-hydrogen) atoms. The van der Waals surface area contributed by atoms with Crippen LogP contribution in [-0.4, -0.2) is 22.2 Å². The number of hydrogen-bond donors (Lipinski definition) is 0. The highest BCUT2D eigenvalue weighted by atomic mass is 15.5. The summed E-state index contributed by atoms with van der Waals surface area (Å²) in [5.41, 5.74) is 3.53. The Morgan fingerprint density at radius 3 is 2.76 bits per heavy atom. The van der Waals surface area contributed by atoms with Gasteiger partial charge in [0.2, 0.25) is 0 Å². The number of hydrogen-bond acceptors (Lipinski definition) is 3. The Morgan fingerprint density at radius 1 is 1.14 bits per heavy atom. The van der Waals surface area contributed by atoms with Gasteiger partial charge in [-0.1, -0.05) is 36.4 Å². The Labute approximate surface area is 126 Å². The molecule has 0 N–H and O–H groups in total. The van der Waals surface area contributed by atoms with Gasteiger partial charge in [0.1, 0.15) is 0 Å². The van der Waals surface area contributed by atoms with Crippen LogP contribution in [0.1, 0.15) is 43.4 Å². The molecule has 1 fully saturated rings. The number of rotatable bonds is 3. The number of pyridine rings is 1. The van der Waals surface area contributed by atoms with Gasteiger partial charge in [0.15, 0.2) is 0 Å². The van der Waals surface area contributed by atoms with Crippen molar-refractivity contribution < 1.29 is 0 Å². The molecule has 0 aliphatic carbocycles. The smallest absolute Gasteiger partial charge is 0.0734 e. The summed E-state index contributed by atoms with van der Waals surface area (Å²) in [5, 5.41) is 7.13. The zero-order valence-electron chi connectivity index (χ0n) is 12.4. The van der Waals surface area contributed by atoms with Crippen molar-refractivity contribution >= 4 is 5.71 Å². The first-order valence-corrected chi connectivity index (χ1v) is 7.62. The Hall–Kier alpha value is -2.16. The molecule has 0 amide bonds. The van der Waals surface area contributed by atoms with Crippen LogP contribution in [0.3, 0.4) is 0 Å². The maximum absolute atomic E-state index is 4.89. The van der Waals surface area contributed by atoms with Crippen LogP contribution >= 0.6 is 0 Å².